The van der Waals surface area contributed by atoms with Gasteiger partial charge in [0.15, 0.2) is 5.96 Å². The van der Waals surface area contributed by atoms with Gasteiger partial charge in [-0.15, -0.1) is 0 Å². The molecule has 0 radical (unpaired) electrons. The number of ether oxygens (including phenoxy) is 1. The van der Waals surface area contributed by atoms with E-state index in [4.69, 9.17) is 10.5 Å². The fraction of sp³-hybridized carbons (Fsp3) is 0.316. The number of aliphatic imine (C=N–C) groups is 1. The summed E-state index contributed by atoms with van der Waals surface area (Å²) in [5, 5.41) is 2.99. The average Bonchev–Trinajstić information content (AvgIpc) is 2.66. The molecule has 2 aromatic carbocycles. The van der Waals surface area contributed by atoms with Crippen LogP contribution in [0.5, 0.6) is 5.75 Å². The molecule has 0 amide bonds. The van der Waals surface area contributed by atoms with E-state index in [-0.39, 0.29) is 16.9 Å². The summed E-state index contributed by atoms with van der Waals surface area (Å²) in [5.74, 6) is 0.912. The molecule has 0 saturated heterocycles. The molecular formula is C19H26N4O3S. The monoisotopic (exact) mass is 390 g/mol. The first-order chi connectivity index (χ1) is 12.8. The van der Waals surface area contributed by atoms with Gasteiger partial charge in [-0.3, -0.25) is 0 Å². The normalized spacial score (nSPS) is 12.4. The fourth-order valence-corrected chi connectivity index (χ4v) is 3.68. The summed E-state index contributed by atoms with van der Waals surface area (Å²) >= 11 is 0. The Morgan fingerprint density at radius 2 is 1.81 bits per heavy atom. The zero-order valence-electron chi connectivity index (χ0n) is 16.0. The number of para-hydroxylation sites is 2. The Kier molecular flexibility index (Phi) is 6.81. The lowest BCUT2D eigenvalue weighted by Gasteiger charge is -2.21. The molecule has 0 aliphatic heterocycles. The minimum Gasteiger partial charge on any atom is -0.495 e. The van der Waals surface area contributed by atoms with Gasteiger partial charge in [-0.1, -0.05) is 24.3 Å². The SMILES string of the molecule is COc1ccccc1NC(N)=NCc1ccc(S(=O)(=O)N(C)C(C)C)cc1. The summed E-state index contributed by atoms with van der Waals surface area (Å²) in [6, 6.07) is 13.9. The number of rotatable bonds is 7. The highest BCUT2D eigenvalue weighted by atomic mass is 32.2. The Labute approximate surface area is 160 Å². The topological polar surface area (TPSA) is 97.0 Å². The lowest BCUT2D eigenvalue weighted by atomic mass is 10.2. The van der Waals surface area contributed by atoms with Crippen molar-refractivity contribution in [1.29, 1.82) is 0 Å². The fourth-order valence-electron chi connectivity index (χ4n) is 2.31. The molecular weight excluding hydrogens is 364 g/mol. The second-order valence-corrected chi connectivity index (χ2v) is 8.28. The molecule has 8 heteroatoms. The van der Waals surface area contributed by atoms with Crippen molar-refractivity contribution in [2.45, 2.75) is 31.3 Å². The predicted octanol–water partition coefficient (Wildman–Crippen LogP) is 2.65. The summed E-state index contributed by atoms with van der Waals surface area (Å²) in [6.45, 7) is 3.99. The Morgan fingerprint density at radius 1 is 1.19 bits per heavy atom. The van der Waals surface area contributed by atoms with Gasteiger partial charge < -0.3 is 15.8 Å². The van der Waals surface area contributed by atoms with Gasteiger partial charge in [0, 0.05) is 13.1 Å². The van der Waals surface area contributed by atoms with Crippen LogP contribution in [0.15, 0.2) is 58.4 Å². The third kappa shape index (κ3) is 5.21. The van der Waals surface area contributed by atoms with Crippen molar-refractivity contribution in [3.63, 3.8) is 0 Å². The highest BCUT2D eigenvalue weighted by Gasteiger charge is 2.22. The van der Waals surface area contributed by atoms with Crippen LogP contribution in [-0.4, -0.2) is 38.9 Å². The largest absolute Gasteiger partial charge is 0.495 e. The Bertz CT molecular complexity index is 893. The number of methoxy groups -OCH3 is 1. The zero-order valence-corrected chi connectivity index (χ0v) is 16.8. The van der Waals surface area contributed by atoms with Crippen molar-refractivity contribution >= 4 is 21.7 Å². The molecule has 0 saturated carbocycles. The van der Waals surface area contributed by atoms with E-state index in [1.54, 1.807) is 38.4 Å². The summed E-state index contributed by atoms with van der Waals surface area (Å²) in [7, 11) is -0.333. The molecule has 0 aliphatic carbocycles. The first-order valence-electron chi connectivity index (χ1n) is 8.52. The van der Waals surface area contributed by atoms with Crippen LogP contribution < -0.4 is 15.8 Å². The molecule has 0 unspecified atom stereocenters. The number of nitrogens with zero attached hydrogens (tertiary/aromatic N) is 2. The Morgan fingerprint density at radius 3 is 2.41 bits per heavy atom. The number of hydrogen-bond acceptors (Lipinski definition) is 4. The molecule has 0 fully saturated rings. The van der Waals surface area contributed by atoms with Gasteiger partial charge in [0.1, 0.15) is 5.75 Å². The van der Waals surface area contributed by atoms with E-state index in [9.17, 15) is 8.42 Å². The van der Waals surface area contributed by atoms with Crippen molar-refractivity contribution in [3.8, 4) is 5.75 Å². The van der Waals surface area contributed by atoms with Gasteiger partial charge in [-0.2, -0.15) is 4.31 Å². The number of sulfonamides is 1. The standard InChI is InChI=1S/C19H26N4O3S/c1-14(2)23(3)27(24,25)16-11-9-15(10-12-16)13-21-19(20)22-17-7-5-6-8-18(17)26-4/h5-12,14H,13H2,1-4H3,(H3,20,21,22). The average molecular weight is 391 g/mol. The van der Waals surface area contributed by atoms with Gasteiger partial charge in [0.2, 0.25) is 10.0 Å². The van der Waals surface area contributed by atoms with Gasteiger partial charge in [-0.05, 0) is 43.7 Å². The first-order valence-corrected chi connectivity index (χ1v) is 9.96. The molecule has 0 heterocycles. The molecule has 7 nitrogen and oxygen atoms in total. The van der Waals surface area contributed by atoms with E-state index in [1.807, 2.05) is 38.1 Å². The first kappa shape index (κ1) is 20.7. The Hall–Kier alpha value is -2.58. The second-order valence-electron chi connectivity index (χ2n) is 6.29. The minimum absolute atomic E-state index is 0.111. The highest BCUT2D eigenvalue weighted by Crippen LogP contribution is 2.22. The van der Waals surface area contributed by atoms with Gasteiger partial charge in [0.25, 0.3) is 0 Å². The smallest absolute Gasteiger partial charge is 0.243 e. The molecule has 146 valence electrons. The van der Waals surface area contributed by atoms with E-state index < -0.39 is 10.0 Å². The van der Waals surface area contributed by atoms with Gasteiger partial charge >= 0.3 is 0 Å². The second kappa shape index (κ2) is 8.88. The predicted molar refractivity (Wildman–Crippen MR) is 108 cm³/mol. The molecule has 0 aromatic heterocycles. The molecule has 2 aromatic rings. The maximum Gasteiger partial charge on any atom is 0.243 e. The third-order valence-corrected chi connectivity index (χ3v) is 6.18. The molecule has 0 atom stereocenters. The van der Waals surface area contributed by atoms with Crippen LogP contribution in [0.4, 0.5) is 5.69 Å². The lowest BCUT2D eigenvalue weighted by molar-refractivity contribution is 0.410. The molecule has 0 bridgehead atoms. The van der Waals surface area contributed by atoms with Crippen LogP contribution in [-0.2, 0) is 16.6 Å². The van der Waals surface area contributed by atoms with E-state index in [2.05, 4.69) is 10.3 Å². The highest BCUT2D eigenvalue weighted by molar-refractivity contribution is 7.89. The van der Waals surface area contributed by atoms with Crippen molar-refractivity contribution < 1.29 is 13.2 Å². The summed E-state index contributed by atoms with van der Waals surface area (Å²) in [4.78, 5) is 4.54. The minimum atomic E-state index is -3.49. The number of hydrogen-bond donors (Lipinski definition) is 2. The summed E-state index contributed by atoms with van der Waals surface area (Å²) in [5.41, 5.74) is 7.50. The molecule has 3 N–H and O–H groups in total. The van der Waals surface area contributed by atoms with E-state index in [0.29, 0.717) is 12.3 Å². The van der Waals surface area contributed by atoms with E-state index in [0.717, 1.165) is 11.3 Å². The number of benzene rings is 2. The van der Waals surface area contributed by atoms with Crippen molar-refractivity contribution in [3.05, 3.63) is 54.1 Å². The maximum absolute atomic E-state index is 12.5. The van der Waals surface area contributed by atoms with E-state index >= 15 is 0 Å². The number of nitrogens with one attached hydrogen (secondary N) is 1. The zero-order chi connectivity index (χ0) is 20.0. The Balaban J connectivity index is 2.07. The molecule has 27 heavy (non-hydrogen) atoms. The summed E-state index contributed by atoms with van der Waals surface area (Å²) in [6.07, 6.45) is 0. The van der Waals surface area contributed by atoms with Crippen molar-refractivity contribution in [1.82, 2.24) is 4.31 Å². The van der Waals surface area contributed by atoms with Crippen LogP contribution in [0.3, 0.4) is 0 Å². The maximum atomic E-state index is 12.5. The number of nitrogens with two attached hydrogens (primary N) is 1. The van der Waals surface area contributed by atoms with Gasteiger partial charge in [-0.25, -0.2) is 13.4 Å². The number of anilines is 1. The van der Waals surface area contributed by atoms with Crippen molar-refractivity contribution in [2.24, 2.45) is 10.7 Å². The van der Waals surface area contributed by atoms with Crippen LogP contribution >= 0.6 is 0 Å². The number of guanidine groups is 1. The van der Waals surface area contributed by atoms with Gasteiger partial charge in [0.05, 0.1) is 24.2 Å². The summed E-state index contributed by atoms with van der Waals surface area (Å²) < 4.78 is 31.5. The van der Waals surface area contributed by atoms with Crippen LogP contribution in [0.2, 0.25) is 0 Å². The molecule has 0 spiro atoms. The third-order valence-electron chi connectivity index (χ3n) is 4.13. The molecule has 2 rings (SSSR count). The lowest BCUT2D eigenvalue weighted by Crippen LogP contribution is -2.33. The van der Waals surface area contributed by atoms with Crippen molar-refractivity contribution in [2.75, 3.05) is 19.5 Å². The molecule has 0 aliphatic rings. The van der Waals surface area contributed by atoms with Crippen LogP contribution in [0.1, 0.15) is 19.4 Å². The van der Waals surface area contributed by atoms with Crippen LogP contribution in [0, 0.1) is 0 Å². The quantitative estimate of drug-likeness (QED) is 0.560. The van der Waals surface area contributed by atoms with Crippen LogP contribution in [0.25, 0.3) is 0 Å². The van der Waals surface area contributed by atoms with E-state index in [1.165, 1.54) is 4.31 Å².